The summed E-state index contributed by atoms with van der Waals surface area (Å²) in [5.41, 5.74) is 2.95. The number of benzene rings is 2. The minimum Gasteiger partial charge on any atom is -0.481 e. The SMILES string of the molecule is O=C(O)C[C@H](NC(=O)[C@@H]1CCCN2C(=O)CCN(NC(=O)c3ccccc3)C(=O)N12)C(=O)c1nc2cc(Cl)cc(Cl)c2o1. The number of carbonyl (C=O) groups is 6. The first-order chi connectivity index (χ1) is 20.5. The number of aromatic nitrogens is 1. The van der Waals surface area contributed by atoms with Crippen LogP contribution in [0.2, 0.25) is 10.0 Å². The summed E-state index contributed by atoms with van der Waals surface area (Å²) in [5.74, 6) is -4.81. The number of hydrogen-bond acceptors (Lipinski definition) is 8. The maximum Gasteiger partial charge on any atom is 0.358 e. The van der Waals surface area contributed by atoms with Crippen molar-refractivity contribution in [1.29, 1.82) is 0 Å². The molecule has 2 atom stereocenters. The van der Waals surface area contributed by atoms with Crippen LogP contribution in [0.5, 0.6) is 0 Å². The molecule has 16 heteroatoms. The predicted octanol–water partition coefficient (Wildman–Crippen LogP) is 2.66. The lowest BCUT2D eigenvalue weighted by Crippen LogP contribution is -2.65. The van der Waals surface area contributed by atoms with Gasteiger partial charge in [0.05, 0.1) is 18.0 Å². The van der Waals surface area contributed by atoms with Gasteiger partial charge in [0, 0.05) is 23.6 Å². The number of amides is 5. The number of rotatable bonds is 8. The Balaban J connectivity index is 1.39. The molecule has 5 rings (SSSR count). The van der Waals surface area contributed by atoms with Crippen LogP contribution >= 0.6 is 23.2 Å². The van der Waals surface area contributed by atoms with Crippen molar-refractivity contribution in [1.82, 2.24) is 30.8 Å². The summed E-state index contributed by atoms with van der Waals surface area (Å²) in [4.78, 5) is 82.0. The number of ketones is 1. The van der Waals surface area contributed by atoms with E-state index in [1.807, 2.05) is 0 Å². The maximum absolute atomic E-state index is 13.6. The number of Topliss-reactive ketones (excluding diaryl/α,β-unsaturated/α-hetero) is 1. The van der Waals surface area contributed by atoms with E-state index in [1.54, 1.807) is 30.3 Å². The predicted molar refractivity (Wildman–Crippen MR) is 150 cm³/mol. The number of nitrogens with one attached hydrogen (secondary N) is 2. The molecule has 1 aromatic heterocycles. The first-order valence-corrected chi connectivity index (χ1v) is 13.9. The molecule has 3 N–H and O–H groups in total. The van der Waals surface area contributed by atoms with E-state index in [4.69, 9.17) is 27.6 Å². The number of hydrogen-bond donors (Lipinski definition) is 3. The fourth-order valence-corrected chi connectivity index (χ4v) is 5.38. The lowest BCUT2D eigenvalue weighted by molar-refractivity contribution is -0.155. The molecule has 43 heavy (non-hydrogen) atoms. The number of hydrazine groups is 2. The van der Waals surface area contributed by atoms with Crippen molar-refractivity contribution in [3.63, 3.8) is 0 Å². The summed E-state index contributed by atoms with van der Waals surface area (Å²) in [5, 5.41) is 15.2. The summed E-state index contributed by atoms with van der Waals surface area (Å²) in [7, 11) is 0. The number of urea groups is 1. The minimum absolute atomic E-state index is 0.0454. The van der Waals surface area contributed by atoms with E-state index < -0.39 is 59.9 Å². The van der Waals surface area contributed by atoms with E-state index in [9.17, 15) is 33.9 Å². The van der Waals surface area contributed by atoms with Crippen molar-refractivity contribution in [2.24, 2.45) is 0 Å². The Morgan fingerprint density at radius 3 is 2.56 bits per heavy atom. The number of carboxylic acid groups (broad SMARTS) is 1. The number of carboxylic acids is 1. The smallest absolute Gasteiger partial charge is 0.358 e. The van der Waals surface area contributed by atoms with E-state index in [0.717, 1.165) is 15.0 Å². The van der Waals surface area contributed by atoms with E-state index >= 15 is 0 Å². The van der Waals surface area contributed by atoms with E-state index in [1.165, 1.54) is 12.1 Å². The molecule has 2 aliphatic rings. The van der Waals surface area contributed by atoms with E-state index in [2.05, 4.69) is 15.7 Å². The van der Waals surface area contributed by atoms with Gasteiger partial charge < -0.3 is 14.8 Å². The highest BCUT2D eigenvalue weighted by atomic mass is 35.5. The normalized spacial score (nSPS) is 17.7. The summed E-state index contributed by atoms with van der Waals surface area (Å²) in [6.45, 7) is -0.0134. The number of oxazole rings is 1. The molecule has 224 valence electrons. The quantitative estimate of drug-likeness (QED) is 0.315. The summed E-state index contributed by atoms with van der Waals surface area (Å²) in [6, 6.07) is 7.09. The van der Waals surface area contributed by atoms with Crippen LogP contribution in [-0.4, -0.2) is 85.8 Å². The van der Waals surface area contributed by atoms with Gasteiger partial charge in [-0.2, -0.15) is 0 Å². The zero-order chi connectivity index (χ0) is 30.8. The lowest BCUT2D eigenvalue weighted by atomic mass is 10.0. The zero-order valence-electron chi connectivity index (χ0n) is 22.3. The fraction of sp³-hybridized carbons (Fsp3) is 0.296. The van der Waals surface area contributed by atoms with Crippen LogP contribution in [0.15, 0.2) is 46.9 Å². The van der Waals surface area contributed by atoms with Crippen LogP contribution in [0.25, 0.3) is 11.1 Å². The fourth-order valence-electron chi connectivity index (χ4n) is 4.86. The van der Waals surface area contributed by atoms with Gasteiger partial charge >= 0.3 is 12.0 Å². The second-order valence-electron chi connectivity index (χ2n) is 9.79. The van der Waals surface area contributed by atoms with Crippen LogP contribution < -0.4 is 10.7 Å². The van der Waals surface area contributed by atoms with Crippen LogP contribution in [0, 0.1) is 0 Å². The summed E-state index contributed by atoms with van der Waals surface area (Å²) >= 11 is 12.1. The first-order valence-electron chi connectivity index (χ1n) is 13.1. The molecule has 2 aliphatic heterocycles. The standard InChI is InChI=1S/C27H24Cl2N6O8/c28-15-11-16(29)23-18(12-15)31-26(43-23)22(39)17(13-21(37)38)30-25(41)19-7-4-9-34-20(36)8-10-33(27(42)35(19)34)32-24(40)14-5-2-1-3-6-14/h1-3,5-6,11-12,17,19H,4,7-10,13H2,(H,30,41)(H,32,40)(H,37,38)/t17-,19-/m0/s1. The molecule has 3 heterocycles. The van der Waals surface area contributed by atoms with Gasteiger partial charge in [-0.05, 0) is 37.1 Å². The number of halogens is 2. The number of aliphatic carboxylic acids is 1. The van der Waals surface area contributed by atoms with Crippen LogP contribution in [0.1, 0.15) is 46.7 Å². The van der Waals surface area contributed by atoms with Crippen molar-refractivity contribution >= 4 is 69.8 Å². The second kappa shape index (κ2) is 12.3. The second-order valence-corrected chi connectivity index (χ2v) is 10.6. The Kier molecular flexibility index (Phi) is 8.50. The molecule has 0 saturated carbocycles. The van der Waals surface area contributed by atoms with Crippen LogP contribution in [0.4, 0.5) is 4.79 Å². The third kappa shape index (κ3) is 6.24. The summed E-state index contributed by atoms with van der Waals surface area (Å²) < 4.78 is 5.47. The Labute approximate surface area is 253 Å². The Bertz CT molecular complexity index is 1630. The molecule has 5 amide bonds. The van der Waals surface area contributed by atoms with Crippen molar-refractivity contribution in [2.75, 3.05) is 13.1 Å². The Hall–Kier alpha value is -4.69. The third-order valence-corrected chi connectivity index (χ3v) is 7.37. The lowest BCUT2D eigenvalue weighted by Gasteiger charge is -2.43. The van der Waals surface area contributed by atoms with Crippen molar-refractivity contribution in [3.8, 4) is 0 Å². The van der Waals surface area contributed by atoms with Crippen molar-refractivity contribution in [2.45, 2.75) is 37.8 Å². The number of fused-ring (bicyclic) bond motifs is 2. The molecular formula is C27H24Cl2N6O8. The van der Waals surface area contributed by atoms with E-state index in [-0.39, 0.29) is 52.6 Å². The minimum atomic E-state index is -1.64. The molecule has 3 aromatic rings. The third-order valence-electron chi connectivity index (χ3n) is 6.87. The maximum atomic E-state index is 13.6. The number of nitrogens with zero attached hydrogens (tertiary/aromatic N) is 4. The first kappa shape index (κ1) is 29.8. The number of carbonyl (C=O) groups excluding carboxylic acids is 5. The van der Waals surface area contributed by atoms with Crippen LogP contribution in [-0.2, 0) is 14.4 Å². The van der Waals surface area contributed by atoms with Crippen molar-refractivity contribution < 1.29 is 38.3 Å². The Morgan fingerprint density at radius 2 is 1.84 bits per heavy atom. The largest absolute Gasteiger partial charge is 0.481 e. The topological polar surface area (TPSA) is 182 Å². The monoisotopic (exact) mass is 630 g/mol. The van der Waals surface area contributed by atoms with Gasteiger partial charge in [-0.15, -0.1) is 0 Å². The molecule has 0 aliphatic carbocycles. The molecule has 2 fully saturated rings. The highest BCUT2D eigenvalue weighted by molar-refractivity contribution is 6.38. The molecule has 0 spiro atoms. The highest BCUT2D eigenvalue weighted by Gasteiger charge is 2.45. The average molecular weight is 631 g/mol. The van der Waals surface area contributed by atoms with Gasteiger partial charge in [-0.3, -0.25) is 29.4 Å². The van der Waals surface area contributed by atoms with Crippen molar-refractivity contribution in [3.05, 3.63) is 64.0 Å². The average Bonchev–Trinajstić information content (AvgIpc) is 3.37. The molecule has 0 radical (unpaired) electrons. The Morgan fingerprint density at radius 1 is 1.09 bits per heavy atom. The van der Waals surface area contributed by atoms with Crippen LogP contribution in [0.3, 0.4) is 0 Å². The molecule has 2 saturated heterocycles. The van der Waals surface area contributed by atoms with Gasteiger partial charge in [0.1, 0.15) is 17.6 Å². The van der Waals surface area contributed by atoms with Gasteiger partial charge in [0.25, 0.3) is 11.8 Å². The summed E-state index contributed by atoms with van der Waals surface area (Å²) in [6.07, 6.45) is -0.533. The van der Waals surface area contributed by atoms with Gasteiger partial charge in [0.2, 0.25) is 17.6 Å². The molecule has 14 nitrogen and oxygen atoms in total. The molecule has 0 bridgehead atoms. The van der Waals surface area contributed by atoms with E-state index in [0.29, 0.717) is 6.42 Å². The molecule has 2 aromatic carbocycles. The van der Waals surface area contributed by atoms with Gasteiger partial charge in [-0.1, -0.05) is 41.4 Å². The van der Waals surface area contributed by atoms with Gasteiger partial charge in [0.15, 0.2) is 5.58 Å². The molecule has 0 unspecified atom stereocenters. The molecular weight excluding hydrogens is 607 g/mol. The zero-order valence-corrected chi connectivity index (χ0v) is 23.8. The van der Waals surface area contributed by atoms with Gasteiger partial charge in [-0.25, -0.2) is 24.8 Å². The highest BCUT2D eigenvalue weighted by Crippen LogP contribution is 2.29.